The van der Waals surface area contributed by atoms with Crippen molar-refractivity contribution in [2.75, 3.05) is 18.2 Å². The molecular weight excluding hydrogens is 517 g/mol. The van der Waals surface area contributed by atoms with Gasteiger partial charge in [-0.15, -0.1) is 0 Å². The van der Waals surface area contributed by atoms with Gasteiger partial charge in [-0.2, -0.15) is 13.2 Å². The van der Waals surface area contributed by atoms with Crippen LogP contribution in [-0.4, -0.2) is 33.3 Å². The SMILES string of the molecule is COc1ccc(C)cc1-n1c(SCC(=O)Nc2ccccc2C(F)(F)F)nc2c([nH]c3ccccc32)c1=O. The number of hydrogen-bond donors (Lipinski definition) is 2. The summed E-state index contributed by atoms with van der Waals surface area (Å²) in [6.07, 6.45) is -4.62. The number of benzene rings is 3. The highest BCUT2D eigenvalue weighted by atomic mass is 32.2. The largest absolute Gasteiger partial charge is 0.495 e. The first kappa shape index (κ1) is 25.4. The molecule has 1 amide bonds. The van der Waals surface area contributed by atoms with Gasteiger partial charge < -0.3 is 15.0 Å². The fraction of sp³-hybridized carbons (Fsp3) is 0.148. The van der Waals surface area contributed by atoms with Crippen LogP contribution < -0.4 is 15.6 Å². The van der Waals surface area contributed by atoms with Gasteiger partial charge in [-0.1, -0.05) is 48.2 Å². The van der Waals surface area contributed by atoms with E-state index in [4.69, 9.17) is 9.72 Å². The van der Waals surface area contributed by atoms with Crippen molar-refractivity contribution in [1.82, 2.24) is 14.5 Å². The lowest BCUT2D eigenvalue weighted by Gasteiger charge is -2.16. The molecule has 0 radical (unpaired) electrons. The second-order valence-electron chi connectivity index (χ2n) is 8.48. The molecular formula is C27H21F3N4O3S. The number of nitrogens with zero attached hydrogens (tertiary/aromatic N) is 2. The van der Waals surface area contributed by atoms with Crippen LogP contribution in [0.3, 0.4) is 0 Å². The van der Waals surface area contributed by atoms with Crippen molar-refractivity contribution < 1.29 is 22.7 Å². The van der Waals surface area contributed by atoms with Crippen LogP contribution in [0.4, 0.5) is 18.9 Å². The number of carbonyl (C=O) groups excluding carboxylic acids is 1. The van der Waals surface area contributed by atoms with E-state index < -0.39 is 23.2 Å². The molecule has 3 aromatic carbocycles. The number of aromatic nitrogens is 3. The van der Waals surface area contributed by atoms with Gasteiger partial charge in [0.05, 0.1) is 29.8 Å². The van der Waals surface area contributed by atoms with E-state index in [9.17, 15) is 22.8 Å². The summed E-state index contributed by atoms with van der Waals surface area (Å²) in [5.41, 5.74) is 1.03. The summed E-state index contributed by atoms with van der Waals surface area (Å²) in [7, 11) is 1.48. The van der Waals surface area contributed by atoms with Crippen molar-refractivity contribution in [3.05, 3.63) is 88.2 Å². The van der Waals surface area contributed by atoms with Crippen molar-refractivity contribution in [3.63, 3.8) is 0 Å². The lowest BCUT2D eigenvalue weighted by Crippen LogP contribution is -2.24. The Hall–Kier alpha value is -4.25. The minimum absolute atomic E-state index is 0.190. The Balaban J connectivity index is 1.58. The maximum Gasteiger partial charge on any atom is 0.418 e. The van der Waals surface area contributed by atoms with E-state index in [-0.39, 0.29) is 22.1 Å². The van der Waals surface area contributed by atoms with E-state index in [1.807, 2.05) is 37.3 Å². The molecule has 7 nitrogen and oxygen atoms in total. The number of H-pyrrole nitrogens is 1. The van der Waals surface area contributed by atoms with E-state index in [0.29, 0.717) is 17.0 Å². The number of fused-ring (bicyclic) bond motifs is 3. The molecule has 0 aliphatic carbocycles. The van der Waals surface area contributed by atoms with E-state index in [1.54, 1.807) is 12.1 Å². The maximum atomic E-state index is 13.8. The zero-order valence-corrected chi connectivity index (χ0v) is 21.0. The van der Waals surface area contributed by atoms with E-state index in [1.165, 1.54) is 29.9 Å². The monoisotopic (exact) mass is 538 g/mol. The summed E-state index contributed by atoms with van der Waals surface area (Å²) in [6.45, 7) is 1.86. The molecule has 0 fully saturated rings. The number of carbonyl (C=O) groups is 1. The molecule has 5 aromatic rings. The van der Waals surface area contributed by atoms with E-state index in [2.05, 4.69) is 10.3 Å². The molecule has 194 valence electrons. The predicted molar refractivity (Wildman–Crippen MR) is 141 cm³/mol. The minimum atomic E-state index is -4.62. The summed E-state index contributed by atoms with van der Waals surface area (Å²) in [5, 5.41) is 3.25. The van der Waals surface area contributed by atoms with Crippen molar-refractivity contribution in [2.24, 2.45) is 0 Å². The van der Waals surface area contributed by atoms with Crippen LogP contribution in [0.1, 0.15) is 11.1 Å². The number of amides is 1. The van der Waals surface area contributed by atoms with Gasteiger partial charge in [0.15, 0.2) is 5.16 Å². The van der Waals surface area contributed by atoms with E-state index >= 15 is 0 Å². The molecule has 0 aliphatic rings. The Kier molecular flexibility index (Phi) is 6.62. The zero-order valence-electron chi connectivity index (χ0n) is 20.2. The predicted octanol–water partition coefficient (Wildman–Crippen LogP) is 5.93. The van der Waals surface area contributed by atoms with Crippen LogP contribution in [0, 0.1) is 6.92 Å². The van der Waals surface area contributed by atoms with Crippen LogP contribution in [0.15, 0.2) is 76.7 Å². The number of aromatic amines is 1. The summed E-state index contributed by atoms with van der Waals surface area (Å²) in [6, 6.07) is 17.4. The minimum Gasteiger partial charge on any atom is -0.495 e. The average Bonchev–Trinajstić information content (AvgIpc) is 3.26. The molecule has 2 heterocycles. The third-order valence-corrected chi connectivity index (χ3v) is 6.85. The zero-order chi connectivity index (χ0) is 27.0. The first-order valence-corrected chi connectivity index (χ1v) is 12.4. The van der Waals surface area contributed by atoms with Crippen molar-refractivity contribution >= 4 is 45.3 Å². The number of methoxy groups -OCH3 is 1. The topological polar surface area (TPSA) is 89.0 Å². The van der Waals surface area contributed by atoms with Gasteiger partial charge >= 0.3 is 6.18 Å². The average molecular weight is 539 g/mol. The molecule has 0 aliphatic heterocycles. The van der Waals surface area contributed by atoms with Crippen LogP contribution >= 0.6 is 11.8 Å². The molecule has 2 aromatic heterocycles. The molecule has 0 saturated heterocycles. The third kappa shape index (κ3) is 4.72. The highest BCUT2D eigenvalue weighted by Crippen LogP contribution is 2.35. The molecule has 0 saturated carbocycles. The molecule has 5 rings (SSSR count). The number of alkyl halides is 3. The second kappa shape index (κ2) is 9.90. The quantitative estimate of drug-likeness (QED) is 0.207. The summed E-state index contributed by atoms with van der Waals surface area (Å²) in [5.74, 6) is -0.552. The van der Waals surface area contributed by atoms with Crippen molar-refractivity contribution in [3.8, 4) is 11.4 Å². The molecule has 0 bridgehead atoms. The Labute approximate surface area is 218 Å². The number of aryl methyl sites for hydroxylation is 1. The Bertz CT molecular complexity index is 1740. The number of para-hydroxylation sites is 2. The molecule has 0 spiro atoms. The van der Waals surface area contributed by atoms with Crippen LogP contribution in [0.25, 0.3) is 27.6 Å². The molecule has 2 N–H and O–H groups in total. The van der Waals surface area contributed by atoms with Gasteiger partial charge in [-0.25, -0.2) is 9.55 Å². The fourth-order valence-corrected chi connectivity index (χ4v) is 4.98. The number of anilines is 1. The van der Waals surface area contributed by atoms with Crippen LogP contribution in [0.2, 0.25) is 0 Å². The first-order valence-electron chi connectivity index (χ1n) is 11.4. The number of halogens is 3. The molecule has 0 atom stereocenters. The third-order valence-electron chi connectivity index (χ3n) is 5.91. The van der Waals surface area contributed by atoms with Gasteiger partial charge in [0.1, 0.15) is 16.8 Å². The standard InChI is InChI=1S/C27H21F3N4O3S/c1-15-11-12-21(37-2)20(13-15)34-25(36)24-23(16-7-3-5-9-18(16)32-24)33-26(34)38-14-22(35)31-19-10-6-4-8-17(19)27(28,29)30/h3-13,32H,14H2,1-2H3,(H,31,35). The van der Waals surface area contributed by atoms with Crippen molar-refractivity contribution in [2.45, 2.75) is 18.3 Å². The van der Waals surface area contributed by atoms with Gasteiger partial charge in [0.2, 0.25) is 5.91 Å². The smallest absolute Gasteiger partial charge is 0.418 e. The van der Waals surface area contributed by atoms with Gasteiger partial charge in [-0.05, 0) is 42.8 Å². The van der Waals surface area contributed by atoms with Gasteiger partial charge in [0, 0.05) is 10.9 Å². The van der Waals surface area contributed by atoms with Crippen molar-refractivity contribution in [1.29, 1.82) is 0 Å². The number of hydrogen-bond acceptors (Lipinski definition) is 5. The Morgan fingerprint density at radius 3 is 2.61 bits per heavy atom. The number of ether oxygens (including phenoxy) is 1. The molecule has 38 heavy (non-hydrogen) atoms. The van der Waals surface area contributed by atoms with Crippen LogP contribution in [-0.2, 0) is 11.0 Å². The number of rotatable bonds is 6. The van der Waals surface area contributed by atoms with Crippen LogP contribution in [0.5, 0.6) is 5.75 Å². The Morgan fingerprint density at radius 2 is 1.84 bits per heavy atom. The second-order valence-corrected chi connectivity index (χ2v) is 9.43. The van der Waals surface area contributed by atoms with E-state index in [0.717, 1.165) is 34.3 Å². The number of nitrogens with one attached hydrogen (secondary N) is 2. The van der Waals surface area contributed by atoms with Gasteiger partial charge in [-0.3, -0.25) is 9.59 Å². The lowest BCUT2D eigenvalue weighted by atomic mass is 10.1. The lowest BCUT2D eigenvalue weighted by molar-refractivity contribution is -0.137. The fourth-order valence-electron chi connectivity index (χ4n) is 4.18. The highest BCUT2D eigenvalue weighted by Gasteiger charge is 2.33. The first-order chi connectivity index (χ1) is 18.2. The maximum absolute atomic E-state index is 13.8. The summed E-state index contributed by atoms with van der Waals surface area (Å²) in [4.78, 5) is 34.4. The summed E-state index contributed by atoms with van der Waals surface area (Å²) < 4.78 is 46.9. The molecule has 11 heteroatoms. The number of thioether (sulfide) groups is 1. The summed E-state index contributed by atoms with van der Waals surface area (Å²) >= 11 is 0.938. The Morgan fingerprint density at radius 1 is 1.11 bits per heavy atom. The molecule has 0 unspecified atom stereocenters. The van der Waals surface area contributed by atoms with Gasteiger partial charge in [0.25, 0.3) is 5.56 Å². The normalized spacial score (nSPS) is 11.7. The highest BCUT2D eigenvalue weighted by molar-refractivity contribution is 7.99.